The van der Waals surface area contributed by atoms with E-state index in [0.29, 0.717) is 15.6 Å². The summed E-state index contributed by atoms with van der Waals surface area (Å²) in [7, 11) is 0. The van der Waals surface area contributed by atoms with Gasteiger partial charge in [-0.15, -0.1) is 0 Å². The Labute approximate surface area is 169 Å². The zero-order valence-corrected chi connectivity index (χ0v) is 17.2. The van der Waals surface area contributed by atoms with Crippen LogP contribution in [-0.2, 0) is 0 Å². The maximum absolute atomic E-state index is 12.0. The molecule has 3 rings (SSSR count). The molecule has 0 aliphatic heterocycles. The number of hydrogen-bond donors (Lipinski definition) is 1. The number of hydrogen-bond acceptors (Lipinski definition) is 1. The van der Waals surface area contributed by atoms with Gasteiger partial charge in [0, 0.05) is 10.6 Å². The maximum atomic E-state index is 12.0. The summed E-state index contributed by atoms with van der Waals surface area (Å²) in [5.41, 5.74) is 7.95. The van der Waals surface area contributed by atoms with Crippen LogP contribution in [0.25, 0.3) is 22.3 Å². The quantitative estimate of drug-likeness (QED) is 0.503. The van der Waals surface area contributed by atoms with Crippen LogP contribution in [0.5, 0.6) is 0 Å². The number of benzene rings is 3. The van der Waals surface area contributed by atoms with E-state index in [1.807, 2.05) is 37.3 Å². The third-order valence-corrected chi connectivity index (χ3v) is 5.80. The van der Waals surface area contributed by atoms with Crippen LogP contribution in [0.2, 0.25) is 10.0 Å². The van der Waals surface area contributed by atoms with Crippen molar-refractivity contribution in [2.75, 3.05) is 0 Å². The Bertz CT molecular complexity index is 1050. The van der Waals surface area contributed by atoms with Crippen molar-refractivity contribution in [1.82, 2.24) is 0 Å². The first-order valence-electron chi connectivity index (χ1n) is 8.62. The molecule has 0 unspecified atom stereocenters. The predicted molar refractivity (Wildman–Crippen MR) is 113 cm³/mol. The molecule has 3 aromatic carbocycles. The van der Waals surface area contributed by atoms with Gasteiger partial charge in [-0.2, -0.15) is 0 Å². The second-order valence-corrected chi connectivity index (χ2v) is 7.57. The average Bonchev–Trinajstić information content (AvgIpc) is 2.63. The summed E-state index contributed by atoms with van der Waals surface area (Å²) in [4.78, 5) is 12.0. The molecule has 3 aromatic rings. The van der Waals surface area contributed by atoms with Crippen molar-refractivity contribution in [3.05, 3.63) is 80.3 Å². The van der Waals surface area contributed by atoms with E-state index in [2.05, 4.69) is 20.8 Å². The van der Waals surface area contributed by atoms with Gasteiger partial charge in [-0.25, -0.2) is 4.79 Å². The summed E-state index contributed by atoms with van der Waals surface area (Å²) < 4.78 is 0. The lowest BCUT2D eigenvalue weighted by Crippen LogP contribution is -2.05. The molecule has 27 heavy (non-hydrogen) atoms. The van der Waals surface area contributed by atoms with Crippen LogP contribution in [0.15, 0.2) is 42.5 Å². The van der Waals surface area contributed by atoms with E-state index in [1.165, 1.54) is 11.6 Å². The molecular formula is C23H20Cl2O2. The van der Waals surface area contributed by atoms with Gasteiger partial charge < -0.3 is 5.11 Å². The monoisotopic (exact) mass is 398 g/mol. The van der Waals surface area contributed by atoms with E-state index in [9.17, 15) is 9.90 Å². The minimum atomic E-state index is -1.05. The molecule has 2 nitrogen and oxygen atoms in total. The van der Waals surface area contributed by atoms with Gasteiger partial charge in [0.15, 0.2) is 0 Å². The number of carbonyl (C=O) groups is 1. The molecule has 4 heteroatoms. The first-order valence-corrected chi connectivity index (χ1v) is 9.38. The average molecular weight is 399 g/mol. The van der Waals surface area contributed by atoms with Crippen LogP contribution in [0.1, 0.15) is 32.6 Å². The van der Waals surface area contributed by atoms with Crippen molar-refractivity contribution in [3.8, 4) is 22.3 Å². The van der Waals surface area contributed by atoms with Crippen LogP contribution in [-0.4, -0.2) is 11.1 Å². The number of carboxylic acid groups (broad SMARTS) is 1. The fourth-order valence-electron chi connectivity index (χ4n) is 3.59. The third-order valence-electron chi connectivity index (χ3n) is 5.29. The van der Waals surface area contributed by atoms with E-state index in [1.54, 1.807) is 6.07 Å². The number of carboxylic acids is 1. The van der Waals surface area contributed by atoms with Crippen molar-refractivity contribution < 1.29 is 9.90 Å². The lowest BCUT2D eigenvalue weighted by molar-refractivity contribution is 0.0697. The highest BCUT2D eigenvalue weighted by atomic mass is 35.5. The van der Waals surface area contributed by atoms with Crippen molar-refractivity contribution in [1.29, 1.82) is 0 Å². The Morgan fingerprint density at radius 2 is 1.33 bits per heavy atom. The van der Waals surface area contributed by atoms with Gasteiger partial charge in [-0.3, -0.25) is 0 Å². The highest BCUT2D eigenvalue weighted by Gasteiger charge is 2.24. The van der Waals surface area contributed by atoms with E-state index in [-0.39, 0.29) is 5.56 Å². The van der Waals surface area contributed by atoms with Crippen LogP contribution in [0, 0.1) is 27.7 Å². The second-order valence-electron chi connectivity index (χ2n) is 6.73. The molecule has 0 fully saturated rings. The zero-order valence-electron chi connectivity index (χ0n) is 15.7. The molecule has 0 aliphatic carbocycles. The van der Waals surface area contributed by atoms with Crippen LogP contribution in [0.4, 0.5) is 0 Å². The fourth-order valence-corrected chi connectivity index (χ4v) is 4.17. The normalized spacial score (nSPS) is 10.9. The lowest BCUT2D eigenvalue weighted by atomic mass is 9.81. The highest BCUT2D eigenvalue weighted by Crippen LogP contribution is 2.45. The molecule has 0 bridgehead atoms. The van der Waals surface area contributed by atoms with Gasteiger partial charge in [0.1, 0.15) is 0 Å². The van der Waals surface area contributed by atoms with Gasteiger partial charge in [-0.05, 0) is 78.8 Å². The van der Waals surface area contributed by atoms with Gasteiger partial charge in [0.05, 0.1) is 10.6 Å². The van der Waals surface area contributed by atoms with Crippen molar-refractivity contribution >= 4 is 29.2 Å². The third kappa shape index (κ3) is 3.36. The Balaban J connectivity index is 2.54. The molecular weight excluding hydrogens is 379 g/mol. The Hall–Kier alpha value is -2.29. The predicted octanol–water partition coefficient (Wildman–Crippen LogP) is 7.26. The van der Waals surface area contributed by atoms with E-state index < -0.39 is 5.97 Å². The van der Waals surface area contributed by atoms with E-state index >= 15 is 0 Å². The summed E-state index contributed by atoms with van der Waals surface area (Å²) in [6, 6.07) is 13.0. The van der Waals surface area contributed by atoms with Gasteiger partial charge in [0.25, 0.3) is 0 Å². The first-order chi connectivity index (χ1) is 12.7. The van der Waals surface area contributed by atoms with Crippen molar-refractivity contribution in [3.63, 3.8) is 0 Å². The molecule has 0 aliphatic rings. The Morgan fingerprint density at radius 1 is 0.778 bits per heavy atom. The molecule has 1 N–H and O–H groups in total. The SMILES string of the molecule is Cc1c(C)c(C)c(-c2c(Cl)cc(Cl)cc2C(=O)O)c(-c2ccccc2)c1C. The van der Waals surface area contributed by atoms with E-state index in [4.69, 9.17) is 23.2 Å². The van der Waals surface area contributed by atoms with Crippen LogP contribution in [0.3, 0.4) is 0 Å². The standard InChI is InChI=1S/C23H20Cl2O2/c1-12-13(2)15(4)21(20(14(12)3)16-8-6-5-7-9-16)22-18(23(26)27)10-17(24)11-19(22)25/h5-11H,1-4H3,(H,26,27). The maximum Gasteiger partial charge on any atom is 0.336 e. The van der Waals surface area contributed by atoms with Gasteiger partial charge in [0.2, 0.25) is 0 Å². The molecule has 0 atom stereocenters. The Kier molecular flexibility index (Phi) is 5.32. The molecule has 0 radical (unpaired) electrons. The highest BCUT2D eigenvalue weighted by molar-refractivity contribution is 6.37. The summed E-state index contributed by atoms with van der Waals surface area (Å²) >= 11 is 12.6. The molecule has 138 valence electrons. The molecule has 0 amide bonds. The number of rotatable bonds is 3. The largest absolute Gasteiger partial charge is 0.478 e. The molecule has 0 heterocycles. The van der Waals surface area contributed by atoms with E-state index in [0.717, 1.165) is 33.4 Å². The second kappa shape index (κ2) is 7.38. The Morgan fingerprint density at radius 3 is 1.89 bits per heavy atom. The first kappa shape index (κ1) is 19.5. The van der Waals surface area contributed by atoms with Gasteiger partial charge >= 0.3 is 5.97 Å². The molecule has 0 saturated carbocycles. The lowest BCUT2D eigenvalue weighted by Gasteiger charge is -2.23. The topological polar surface area (TPSA) is 37.3 Å². The molecule has 0 aromatic heterocycles. The smallest absolute Gasteiger partial charge is 0.336 e. The summed E-state index contributed by atoms with van der Waals surface area (Å²) in [5, 5.41) is 10.4. The van der Waals surface area contributed by atoms with Crippen LogP contribution < -0.4 is 0 Å². The molecule has 0 saturated heterocycles. The fraction of sp³-hybridized carbons (Fsp3) is 0.174. The van der Waals surface area contributed by atoms with Crippen molar-refractivity contribution in [2.45, 2.75) is 27.7 Å². The number of aromatic carboxylic acids is 1. The minimum Gasteiger partial charge on any atom is -0.478 e. The van der Waals surface area contributed by atoms with Crippen molar-refractivity contribution in [2.24, 2.45) is 0 Å². The zero-order chi connectivity index (χ0) is 19.9. The summed E-state index contributed by atoms with van der Waals surface area (Å²) in [5.74, 6) is -1.05. The summed E-state index contributed by atoms with van der Waals surface area (Å²) in [6.45, 7) is 8.23. The molecule has 0 spiro atoms. The minimum absolute atomic E-state index is 0.107. The number of halogens is 2. The van der Waals surface area contributed by atoms with Crippen LogP contribution >= 0.6 is 23.2 Å². The van der Waals surface area contributed by atoms with Gasteiger partial charge in [-0.1, -0.05) is 53.5 Å². The summed E-state index contributed by atoms with van der Waals surface area (Å²) in [6.07, 6.45) is 0.